The monoisotopic (exact) mass is 655 g/mol. The Morgan fingerprint density at radius 2 is 1.55 bits per heavy atom. The molecule has 2 aromatic carbocycles. The van der Waals surface area contributed by atoms with Gasteiger partial charge in [0.2, 0.25) is 11.8 Å². The average molecular weight is 656 g/mol. The third kappa shape index (κ3) is 11.7. The summed E-state index contributed by atoms with van der Waals surface area (Å²) in [5, 5.41) is 5.71. The minimum Gasteiger partial charge on any atom is -0.492 e. The fourth-order valence-corrected chi connectivity index (χ4v) is 6.44. The molecule has 0 spiro atoms. The fraction of sp³-hybridized carbons (Fsp3) is 0.483. The summed E-state index contributed by atoms with van der Waals surface area (Å²) in [5.41, 5.74) is 5.07. The van der Waals surface area contributed by atoms with Crippen molar-refractivity contribution in [1.82, 2.24) is 10.6 Å². The molecule has 2 aromatic rings. The number of hydrogen-bond acceptors (Lipinski definition) is 7. The number of nitrogens with two attached hydrogens (primary N) is 1. The van der Waals surface area contributed by atoms with Crippen molar-refractivity contribution < 1.29 is 47.5 Å². The summed E-state index contributed by atoms with van der Waals surface area (Å²) in [4.78, 5) is 66.5. The Bertz CT molecular complexity index is 1450. The van der Waals surface area contributed by atoms with Gasteiger partial charge in [0.15, 0.2) is 5.90 Å². The number of primary amides is 1. The smallest absolute Gasteiger partial charge is 0.388 e. The van der Waals surface area contributed by atoms with Crippen LogP contribution in [0.5, 0.6) is 11.5 Å². The number of amides is 3. The Labute approximate surface area is 257 Å². The Balaban J connectivity index is 2.31. The van der Waals surface area contributed by atoms with Gasteiger partial charge in [-0.15, -0.1) is 0 Å². The second kappa shape index (κ2) is 14.3. The van der Waals surface area contributed by atoms with Crippen LogP contribution >= 0.6 is 15.2 Å². The highest BCUT2D eigenvalue weighted by Gasteiger charge is 2.34. The zero-order valence-electron chi connectivity index (χ0n) is 26.0. The maximum atomic E-state index is 13.6. The van der Waals surface area contributed by atoms with Gasteiger partial charge in [-0.3, -0.25) is 18.9 Å². The summed E-state index contributed by atoms with van der Waals surface area (Å²) in [6.45, 7) is 12.9. The van der Waals surface area contributed by atoms with Crippen LogP contribution in [0.15, 0.2) is 42.5 Å². The van der Waals surface area contributed by atoms with Crippen LogP contribution in [0.4, 0.5) is 0 Å². The Hall–Kier alpha value is -3.21. The molecule has 44 heavy (non-hydrogen) atoms. The molecule has 2 atom stereocenters. The first-order valence-corrected chi connectivity index (χ1v) is 17.4. The van der Waals surface area contributed by atoms with Gasteiger partial charge in [-0.05, 0) is 55.2 Å². The van der Waals surface area contributed by atoms with Crippen molar-refractivity contribution >= 4 is 32.9 Å². The highest BCUT2D eigenvalue weighted by molar-refractivity contribution is 7.70. The van der Waals surface area contributed by atoms with E-state index in [2.05, 4.69) is 10.6 Å². The zero-order valence-corrected chi connectivity index (χ0v) is 27.8. The SMILES string of the molecule is CC(C)COc1ccc(C(C)(C)NC(=O)[C@H](Cc2ccc(OP(=O)(O)CP(=O)(O)O)cc2)NC(=O)C(C)(C)C)cc1C(N)=O. The third-order valence-corrected chi connectivity index (χ3v) is 9.65. The van der Waals surface area contributed by atoms with E-state index >= 15 is 0 Å². The molecule has 15 heteroatoms. The van der Waals surface area contributed by atoms with Gasteiger partial charge in [0.05, 0.1) is 17.7 Å². The molecular weight excluding hydrogens is 612 g/mol. The van der Waals surface area contributed by atoms with E-state index in [-0.39, 0.29) is 29.6 Å². The second-order valence-corrected chi connectivity index (χ2v) is 16.5. The van der Waals surface area contributed by atoms with Crippen molar-refractivity contribution in [2.24, 2.45) is 17.1 Å². The van der Waals surface area contributed by atoms with Crippen molar-refractivity contribution in [3.8, 4) is 11.5 Å². The van der Waals surface area contributed by atoms with E-state index in [1.807, 2.05) is 13.8 Å². The lowest BCUT2D eigenvalue weighted by atomic mass is 9.91. The lowest BCUT2D eigenvalue weighted by molar-refractivity contribution is -0.134. The molecule has 0 saturated carbocycles. The molecule has 0 heterocycles. The van der Waals surface area contributed by atoms with Crippen LogP contribution in [0.25, 0.3) is 0 Å². The Morgan fingerprint density at radius 3 is 2.05 bits per heavy atom. The van der Waals surface area contributed by atoms with E-state index in [0.29, 0.717) is 23.5 Å². The minimum absolute atomic E-state index is 0.0256. The molecule has 2 rings (SSSR count). The lowest BCUT2D eigenvalue weighted by Crippen LogP contribution is -2.54. The van der Waals surface area contributed by atoms with Crippen molar-refractivity contribution in [2.75, 3.05) is 12.5 Å². The van der Waals surface area contributed by atoms with E-state index in [1.165, 1.54) is 24.3 Å². The van der Waals surface area contributed by atoms with Gasteiger partial charge >= 0.3 is 15.2 Å². The van der Waals surface area contributed by atoms with Crippen LogP contribution in [0.3, 0.4) is 0 Å². The van der Waals surface area contributed by atoms with Gasteiger partial charge < -0.3 is 40.3 Å². The standard InChI is InChI=1S/C29H43N3O10P2/c1-18(2)16-41-24-13-10-20(15-22(24)25(30)33)29(6,7)32-26(34)23(31-27(35)28(3,4)5)14-19-8-11-21(12-9-19)42-44(39,40)17-43(36,37)38/h8-13,15,18,23H,14,16-17H2,1-7H3,(H2,30,33)(H,31,35)(H,32,34)(H,39,40)(H2,36,37,38)/t23-/m0/s1. The molecule has 13 nitrogen and oxygen atoms in total. The summed E-state index contributed by atoms with van der Waals surface area (Å²) < 4.78 is 33.8. The normalized spacial score (nSPS) is 14.3. The molecule has 0 aliphatic heterocycles. The predicted octanol–water partition coefficient (Wildman–Crippen LogP) is 3.64. The number of benzene rings is 2. The quantitative estimate of drug-likeness (QED) is 0.163. The van der Waals surface area contributed by atoms with Crippen molar-refractivity contribution in [2.45, 2.75) is 66.5 Å². The van der Waals surface area contributed by atoms with E-state index in [1.54, 1.807) is 52.8 Å². The van der Waals surface area contributed by atoms with Gasteiger partial charge in [0.25, 0.3) is 5.91 Å². The van der Waals surface area contributed by atoms with Crippen LogP contribution < -0.4 is 25.6 Å². The van der Waals surface area contributed by atoms with Gasteiger partial charge in [0.1, 0.15) is 17.5 Å². The van der Waals surface area contributed by atoms with Crippen molar-refractivity contribution in [3.63, 3.8) is 0 Å². The predicted molar refractivity (Wildman–Crippen MR) is 165 cm³/mol. The molecule has 0 aliphatic rings. The summed E-state index contributed by atoms with van der Waals surface area (Å²) in [7, 11) is -9.43. The highest BCUT2D eigenvalue weighted by atomic mass is 31.2. The molecule has 0 fully saturated rings. The van der Waals surface area contributed by atoms with Crippen LogP contribution in [0.2, 0.25) is 0 Å². The molecule has 0 radical (unpaired) electrons. The number of hydrogen-bond donors (Lipinski definition) is 6. The molecule has 0 bridgehead atoms. The van der Waals surface area contributed by atoms with Crippen molar-refractivity contribution in [1.29, 1.82) is 0 Å². The molecule has 7 N–H and O–H groups in total. The number of ether oxygens (including phenoxy) is 1. The van der Waals surface area contributed by atoms with Crippen LogP contribution in [0, 0.1) is 11.3 Å². The first-order chi connectivity index (χ1) is 20.0. The zero-order chi connectivity index (χ0) is 33.7. The Kier molecular flexibility index (Phi) is 12.0. The molecule has 0 aliphatic carbocycles. The average Bonchev–Trinajstić information content (AvgIpc) is 2.85. The van der Waals surface area contributed by atoms with Crippen LogP contribution in [-0.2, 0) is 30.7 Å². The van der Waals surface area contributed by atoms with E-state index in [4.69, 9.17) is 24.8 Å². The summed E-state index contributed by atoms with van der Waals surface area (Å²) in [5.74, 6) is -2.48. The molecule has 0 aromatic heterocycles. The molecule has 3 amide bonds. The maximum absolute atomic E-state index is 13.6. The lowest BCUT2D eigenvalue weighted by Gasteiger charge is -2.31. The van der Waals surface area contributed by atoms with E-state index in [0.717, 1.165) is 0 Å². The maximum Gasteiger partial charge on any atom is 0.388 e. The fourth-order valence-electron chi connectivity index (χ4n) is 3.89. The van der Waals surface area contributed by atoms with Gasteiger partial charge in [-0.25, -0.2) is 4.57 Å². The number of rotatable bonds is 14. The summed E-state index contributed by atoms with van der Waals surface area (Å²) in [6.07, 6.45) is 0.0256. The van der Waals surface area contributed by atoms with Crippen LogP contribution in [-0.4, -0.2) is 51.0 Å². The number of nitrogens with one attached hydrogen (secondary N) is 2. The molecule has 1 unspecified atom stereocenters. The van der Waals surface area contributed by atoms with Gasteiger partial charge in [-0.1, -0.05) is 52.8 Å². The first-order valence-electron chi connectivity index (χ1n) is 13.8. The first kappa shape index (κ1) is 37.0. The third-order valence-electron chi connectivity index (χ3n) is 6.25. The van der Waals surface area contributed by atoms with E-state index < -0.39 is 49.9 Å². The number of carbonyl (C=O) groups excluding carboxylic acids is 3. The highest BCUT2D eigenvalue weighted by Crippen LogP contribution is 2.55. The summed E-state index contributed by atoms with van der Waals surface area (Å²) >= 11 is 0. The Morgan fingerprint density at radius 1 is 0.955 bits per heavy atom. The van der Waals surface area contributed by atoms with Crippen molar-refractivity contribution in [3.05, 3.63) is 59.2 Å². The molecule has 0 saturated heterocycles. The number of carbonyl (C=O) groups is 3. The van der Waals surface area contributed by atoms with Gasteiger partial charge in [0, 0.05) is 11.8 Å². The molecular formula is C29H43N3O10P2. The topological polar surface area (TPSA) is 215 Å². The summed E-state index contributed by atoms with van der Waals surface area (Å²) in [6, 6.07) is 9.48. The largest absolute Gasteiger partial charge is 0.492 e. The van der Waals surface area contributed by atoms with Crippen LogP contribution in [0.1, 0.15) is 70.0 Å². The minimum atomic E-state index is -4.80. The van der Waals surface area contributed by atoms with Gasteiger partial charge in [-0.2, -0.15) is 0 Å². The molecule has 244 valence electrons. The second-order valence-electron chi connectivity index (χ2n) is 12.6. The van der Waals surface area contributed by atoms with E-state index in [9.17, 15) is 28.4 Å².